The minimum atomic E-state index is -4.78. The molecule has 0 bridgehead atoms. The highest BCUT2D eigenvalue weighted by molar-refractivity contribution is 7.47. The Bertz CT molecular complexity index is 1830. The Kier molecular flexibility index (Phi) is 62.1. The van der Waals surface area contributed by atoms with Gasteiger partial charge in [-0.15, -0.1) is 0 Å². The predicted molar refractivity (Wildman–Crippen MR) is 353 cm³/mol. The van der Waals surface area contributed by atoms with Crippen LogP contribution in [0, 0.1) is 0 Å². The number of phosphoric ester groups is 1. The lowest BCUT2D eigenvalue weighted by Gasteiger charge is -2.21. The van der Waals surface area contributed by atoms with Crippen LogP contribution in [0.4, 0.5) is 0 Å². The van der Waals surface area contributed by atoms with E-state index in [2.05, 4.69) is 118 Å². The van der Waals surface area contributed by atoms with Crippen molar-refractivity contribution in [3.8, 4) is 0 Å². The number of ether oxygens (including phenoxy) is 3. The van der Waals surface area contributed by atoms with Crippen molar-refractivity contribution >= 4 is 25.7 Å². The summed E-state index contributed by atoms with van der Waals surface area (Å²) in [6.07, 6.45) is 80.5. The van der Waals surface area contributed by atoms with E-state index in [9.17, 15) is 28.9 Å². The maximum Gasteiger partial charge on any atom is 0.472 e. The van der Waals surface area contributed by atoms with Crippen LogP contribution in [0.2, 0.25) is 0 Å². The van der Waals surface area contributed by atoms with Gasteiger partial charge in [-0.05, 0) is 96.3 Å². The summed E-state index contributed by atoms with van der Waals surface area (Å²) in [7, 11) is -4.78. The zero-order valence-corrected chi connectivity index (χ0v) is 54.5. The van der Waals surface area contributed by atoms with Gasteiger partial charge < -0.3 is 24.2 Å². The fourth-order valence-corrected chi connectivity index (χ4v) is 9.88. The Labute approximate surface area is 514 Å². The molecule has 2 N–H and O–H groups in total. The van der Waals surface area contributed by atoms with E-state index >= 15 is 0 Å². The minimum Gasteiger partial charge on any atom is -0.462 e. The van der Waals surface area contributed by atoms with Gasteiger partial charge in [0.15, 0.2) is 6.10 Å². The van der Waals surface area contributed by atoms with Crippen LogP contribution in [-0.2, 0) is 42.2 Å². The molecule has 0 spiro atoms. The fourth-order valence-electron chi connectivity index (χ4n) is 9.10. The van der Waals surface area contributed by atoms with Gasteiger partial charge >= 0.3 is 25.7 Å². The lowest BCUT2D eigenvalue weighted by atomic mass is 10.0. The molecule has 0 saturated carbocycles. The van der Waals surface area contributed by atoms with Crippen molar-refractivity contribution < 1.29 is 52.2 Å². The monoisotopic (exact) mass is 1190 g/mol. The van der Waals surface area contributed by atoms with E-state index in [4.69, 9.17) is 23.3 Å². The molecule has 0 aliphatic rings. The number of hydrogen-bond donors (Lipinski definition) is 2. The normalized spacial score (nSPS) is 13.9. The van der Waals surface area contributed by atoms with E-state index in [1.54, 1.807) is 0 Å². The summed E-state index contributed by atoms with van der Waals surface area (Å²) in [5, 5.41) is 9.88. The van der Waals surface area contributed by atoms with Crippen LogP contribution >= 0.6 is 7.82 Å². The molecule has 3 atom stereocenters. The third-order valence-electron chi connectivity index (χ3n) is 14.2. The van der Waals surface area contributed by atoms with Crippen LogP contribution in [0.3, 0.4) is 0 Å². The Hall–Kier alpha value is -3.86. The molecule has 0 aromatic heterocycles. The Morgan fingerprint density at radius 3 is 1.02 bits per heavy atom. The van der Waals surface area contributed by atoms with E-state index in [0.29, 0.717) is 19.3 Å². The van der Waals surface area contributed by atoms with E-state index in [1.165, 1.54) is 122 Å². The van der Waals surface area contributed by atoms with Crippen LogP contribution in [-0.4, -0.2) is 66.5 Å². The van der Waals surface area contributed by atoms with Gasteiger partial charge in [0.2, 0.25) is 0 Å². The molecule has 11 nitrogen and oxygen atoms in total. The standard InChI is InChI=1S/C72H123O11P/c1-4-7-10-13-16-19-22-25-28-31-34-37-40-43-46-49-52-55-58-61-70(74)79-65-69(83-72(76)63-60-57-54-51-48-45-42-39-36-33-30-27-24-21-18-15-12-9-6-3)67-81-84(77,78)80-66-68(64-73)82-71(75)62-59-56-53-50-47-44-41-38-35-32-29-26-23-20-17-14-11-8-5-2/h7,10,16,18-19,21,25,27-28,30,34,36-37,39,43,46,52,55,68-69,73H,4-6,8-9,11-15,17,20,22-24,26,29,31-33,35,38,40-42,44-45,47-51,53-54,56-67H2,1-3H3,(H,77,78)/b10-7-,19-16-,21-18-,28-25-,30-27-,37-34-,39-36-,46-43-,55-52-. The lowest BCUT2D eigenvalue weighted by molar-refractivity contribution is -0.161. The summed E-state index contributed by atoms with van der Waals surface area (Å²) in [6, 6.07) is 0. The molecule has 0 fully saturated rings. The average Bonchev–Trinajstić information content (AvgIpc) is 3.55. The molecular formula is C72H123O11P. The van der Waals surface area contributed by atoms with Gasteiger partial charge in [-0.3, -0.25) is 23.4 Å². The number of allylic oxidation sites excluding steroid dienone is 18. The quantitative estimate of drug-likeness (QED) is 0.0197. The zero-order chi connectivity index (χ0) is 61.2. The van der Waals surface area contributed by atoms with Gasteiger partial charge in [0.05, 0.1) is 19.8 Å². The number of carbonyl (C=O) groups excluding carboxylic acids is 3. The number of carbonyl (C=O) groups is 3. The number of unbranched alkanes of at least 4 members (excludes halogenated alkanes) is 27. The van der Waals surface area contributed by atoms with E-state index in [-0.39, 0.29) is 25.9 Å². The SMILES string of the molecule is CC/C=C\C/C=C\C/C=C\C/C=C\C/C=C\C/C=C\CCC(=O)OCC(COP(=O)(O)OCC(CO)OC(=O)CCCCCCCCCCCCCCCCCCCCC)OC(=O)CCCCCCCC/C=C\C/C=C\C/C=C\CCCCC. The summed E-state index contributed by atoms with van der Waals surface area (Å²) >= 11 is 0. The Morgan fingerprint density at radius 2 is 0.643 bits per heavy atom. The Morgan fingerprint density at radius 1 is 0.345 bits per heavy atom. The van der Waals surface area contributed by atoms with Gasteiger partial charge in [-0.1, -0.05) is 284 Å². The predicted octanol–water partition coefficient (Wildman–Crippen LogP) is 20.9. The van der Waals surface area contributed by atoms with Crippen molar-refractivity contribution in [3.63, 3.8) is 0 Å². The van der Waals surface area contributed by atoms with Crippen LogP contribution in [0.1, 0.15) is 290 Å². The third-order valence-corrected chi connectivity index (χ3v) is 15.1. The highest BCUT2D eigenvalue weighted by Gasteiger charge is 2.28. The first-order valence-electron chi connectivity index (χ1n) is 33.8. The van der Waals surface area contributed by atoms with Crippen molar-refractivity contribution in [2.24, 2.45) is 0 Å². The van der Waals surface area contributed by atoms with Gasteiger partial charge in [0, 0.05) is 19.3 Å². The van der Waals surface area contributed by atoms with Gasteiger partial charge in [-0.25, -0.2) is 4.57 Å². The Balaban J connectivity index is 4.78. The van der Waals surface area contributed by atoms with Gasteiger partial charge in [-0.2, -0.15) is 0 Å². The highest BCUT2D eigenvalue weighted by atomic mass is 31.2. The first-order chi connectivity index (χ1) is 41.2. The summed E-state index contributed by atoms with van der Waals surface area (Å²) in [5.41, 5.74) is 0. The molecule has 0 aromatic rings. The van der Waals surface area contributed by atoms with E-state index in [1.807, 2.05) is 12.2 Å². The highest BCUT2D eigenvalue weighted by Crippen LogP contribution is 2.43. The molecule has 0 amide bonds. The molecule has 0 radical (unpaired) electrons. The molecule has 0 heterocycles. The zero-order valence-electron chi connectivity index (χ0n) is 53.6. The largest absolute Gasteiger partial charge is 0.472 e. The van der Waals surface area contributed by atoms with Crippen molar-refractivity contribution in [2.75, 3.05) is 26.4 Å². The smallest absolute Gasteiger partial charge is 0.462 e. The van der Waals surface area contributed by atoms with Crippen LogP contribution in [0.5, 0.6) is 0 Å². The van der Waals surface area contributed by atoms with E-state index in [0.717, 1.165) is 109 Å². The average molecular weight is 1200 g/mol. The lowest BCUT2D eigenvalue weighted by Crippen LogP contribution is -2.30. The van der Waals surface area contributed by atoms with Gasteiger partial charge in [0.25, 0.3) is 0 Å². The molecule has 482 valence electrons. The second-order valence-corrected chi connectivity index (χ2v) is 23.7. The number of aliphatic hydroxyl groups is 1. The summed E-state index contributed by atoms with van der Waals surface area (Å²) in [4.78, 5) is 48.8. The molecule has 0 aromatic carbocycles. The van der Waals surface area contributed by atoms with Crippen LogP contribution in [0.15, 0.2) is 109 Å². The number of phosphoric acid groups is 1. The molecule has 0 rings (SSSR count). The second kappa shape index (κ2) is 65.1. The van der Waals surface area contributed by atoms with Crippen molar-refractivity contribution in [1.29, 1.82) is 0 Å². The molecular weight excluding hydrogens is 1070 g/mol. The van der Waals surface area contributed by atoms with Crippen molar-refractivity contribution in [3.05, 3.63) is 109 Å². The molecule has 3 unspecified atom stereocenters. The van der Waals surface area contributed by atoms with Gasteiger partial charge in [0.1, 0.15) is 12.7 Å². The summed E-state index contributed by atoms with van der Waals surface area (Å²) in [6.45, 7) is 4.45. The molecule has 12 heteroatoms. The molecule has 84 heavy (non-hydrogen) atoms. The van der Waals surface area contributed by atoms with E-state index < -0.39 is 57.8 Å². The number of rotatable bonds is 62. The van der Waals surface area contributed by atoms with Crippen LogP contribution < -0.4 is 0 Å². The molecule has 0 aliphatic carbocycles. The maximum absolute atomic E-state index is 13.0. The van der Waals surface area contributed by atoms with Crippen molar-refractivity contribution in [2.45, 2.75) is 303 Å². The molecule has 0 saturated heterocycles. The second-order valence-electron chi connectivity index (χ2n) is 22.3. The minimum absolute atomic E-state index is 0.0944. The fraction of sp³-hybridized carbons (Fsp3) is 0.708. The number of aliphatic hydroxyl groups excluding tert-OH is 1. The first-order valence-corrected chi connectivity index (χ1v) is 35.3. The summed E-state index contributed by atoms with van der Waals surface area (Å²) < 4.78 is 39.7. The number of esters is 3. The first kappa shape index (κ1) is 80.1. The van der Waals surface area contributed by atoms with Crippen LogP contribution in [0.25, 0.3) is 0 Å². The van der Waals surface area contributed by atoms with Crippen molar-refractivity contribution in [1.82, 2.24) is 0 Å². The topological polar surface area (TPSA) is 155 Å². The third kappa shape index (κ3) is 62.7. The molecule has 0 aliphatic heterocycles. The number of hydrogen-bond acceptors (Lipinski definition) is 10. The summed E-state index contributed by atoms with van der Waals surface area (Å²) in [5.74, 6) is -1.58. The maximum atomic E-state index is 13.0.